The second kappa shape index (κ2) is 7.36. The summed E-state index contributed by atoms with van der Waals surface area (Å²) >= 11 is 0. The summed E-state index contributed by atoms with van der Waals surface area (Å²) < 4.78 is 64.0. The van der Waals surface area contributed by atoms with E-state index in [1.54, 1.807) is 0 Å². The van der Waals surface area contributed by atoms with E-state index in [0.717, 1.165) is 12.1 Å². The Morgan fingerprint density at radius 3 is 2.15 bits per heavy atom. The third-order valence-electron chi connectivity index (χ3n) is 3.48. The van der Waals surface area contributed by atoms with Gasteiger partial charge in [0.05, 0.1) is 10.8 Å². The van der Waals surface area contributed by atoms with Crippen LogP contribution in [0.3, 0.4) is 0 Å². The summed E-state index contributed by atoms with van der Waals surface area (Å²) in [5.74, 6) is -0.609. The lowest BCUT2D eigenvalue weighted by molar-refractivity contribution is -0.137. The van der Waals surface area contributed by atoms with Crippen molar-refractivity contribution in [2.45, 2.75) is 25.3 Å². The summed E-state index contributed by atoms with van der Waals surface area (Å²) in [7, 11) is -3.51. The number of rotatable bonds is 5. The average Bonchev–Trinajstić information content (AvgIpc) is 2.54. The van der Waals surface area contributed by atoms with Crippen LogP contribution in [0.2, 0.25) is 0 Å². The van der Waals surface area contributed by atoms with Crippen LogP contribution in [0.1, 0.15) is 29.8 Å². The number of benzene rings is 2. The smallest absolute Gasteiger partial charge is 0.322 e. The van der Waals surface area contributed by atoms with E-state index in [-0.39, 0.29) is 16.9 Å². The zero-order chi connectivity index (χ0) is 19.5. The average molecular weight is 386 g/mol. The highest BCUT2D eigenvalue weighted by Gasteiger charge is 2.30. The van der Waals surface area contributed by atoms with Crippen LogP contribution >= 0.6 is 0 Å². The van der Waals surface area contributed by atoms with E-state index in [4.69, 9.17) is 0 Å². The predicted octanol–water partition coefficient (Wildman–Crippen LogP) is 4.11. The fraction of sp³-hybridized carbons (Fsp3) is 0.235. The Morgan fingerprint density at radius 2 is 1.62 bits per heavy atom. The minimum atomic E-state index is -4.50. The molecular weight excluding hydrogens is 369 g/mol. The van der Waals surface area contributed by atoms with Crippen LogP contribution in [-0.2, 0) is 16.2 Å². The number of sulfonamides is 1. The molecule has 1 amide bonds. The van der Waals surface area contributed by atoms with Crippen LogP contribution in [0.4, 0.5) is 24.5 Å². The van der Waals surface area contributed by atoms with Gasteiger partial charge in [-0.1, -0.05) is 6.07 Å². The van der Waals surface area contributed by atoms with Gasteiger partial charge in [0.1, 0.15) is 0 Å². The minimum absolute atomic E-state index is 0.00871. The van der Waals surface area contributed by atoms with Gasteiger partial charge in [0, 0.05) is 16.9 Å². The monoisotopic (exact) mass is 386 g/mol. The van der Waals surface area contributed by atoms with E-state index < -0.39 is 32.9 Å². The van der Waals surface area contributed by atoms with Crippen LogP contribution in [0.15, 0.2) is 48.5 Å². The van der Waals surface area contributed by atoms with Crippen LogP contribution in [0.25, 0.3) is 0 Å². The highest BCUT2D eigenvalue weighted by molar-refractivity contribution is 7.93. The fourth-order valence-electron chi connectivity index (χ4n) is 1.95. The Balaban J connectivity index is 2.11. The number of halogens is 3. The number of carbonyl (C=O) groups excluding carboxylic acids is 1. The number of carbonyl (C=O) groups is 1. The minimum Gasteiger partial charge on any atom is -0.322 e. The van der Waals surface area contributed by atoms with Crippen LogP contribution in [-0.4, -0.2) is 19.6 Å². The lowest BCUT2D eigenvalue weighted by Crippen LogP contribution is -2.22. The van der Waals surface area contributed by atoms with Crippen molar-refractivity contribution in [3.8, 4) is 0 Å². The molecule has 0 saturated heterocycles. The van der Waals surface area contributed by atoms with E-state index in [1.807, 2.05) is 0 Å². The molecule has 0 unspecified atom stereocenters. The first-order valence-electron chi connectivity index (χ1n) is 7.59. The highest BCUT2D eigenvalue weighted by atomic mass is 32.2. The summed E-state index contributed by atoms with van der Waals surface area (Å²) in [6.07, 6.45) is -4.50. The number of hydrogen-bond acceptors (Lipinski definition) is 3. The summed E-state index contributed by atoms with van der Waals surface area (Å²) in [6.45, 7) is 3.05. The van der Waals surface area contributed by atoms with E-state index >= 15 is 0 Å². The molecule has 0 aliphatic rings. The topological polar surface area (TPSA) is 75.3 Å². The maximum atomic E-state index is 12.7. The Labute approximate surface area is 149 Å². The third kappa shape index (κ3) is 4.98. The molecule has 0 radical (unpaired) electrons. The van der Waals surface area contributed by atoms with Gasteiger partial charge in [-0.2, -0.15) is 13.2 Å². The lowest BCUT2D eigenvalue weighted by Gasteiger charge is -2.12. The molecule has 0 saturated carbocycles. The van der Waals surface area contributed by atoms with Gasteiger partial charge in [-0.3, -0.25) is 9.52 Å². The van der Waals surface area contributed by atoms with Crippen molar-refractivity contribution in [3.63, 3.8) is 0 Å². The molecule has 9 heteroatoms. The van der Waals surface area contributed by atoms with E-state index in [9.17, 15) is 26.4 Å². The Bertz CT molecular complexity index is 892. The number of alkyl halides is 3. The molecular formula is C17H17F3N2O3S. The molecule has 0 spiro atoms. The van der Waals surface area contributed by atoms with Crippen LogP contribution in [0, 0.1) is 0 Å². The molecule has 26 heavy (non-hydrogen) atoms. The molecule has 2 N–H and O–H groups in total. The summed E-state index contributed by atoms with van der Waals surface area (Å²) in [5, 5.41) is 1.76. The molecule has 0 aliphatic carbocycles. The van der Waals surface area contributed by atoms with Crippen molar-refractivity contribution in [3.05, 3.63) is 59.7 Å². The first-order valence-corrected chi connectivity index (χ1v) is 9.14. The first-order chi connectivity index (χ1) is 12.0. The normalized spacial score (nSPS) is 12.1. The van der Waals surface area contributed by atoms with Gasteiger partial charge in [-0.15, -0.1) is 0 Å². The van der Waals surface area contributed by atoms with Crippen LogP contribution in [0.5, 0.6) is 0 Å². The van der Waals surface area contributed by atoms with Crippen molar-refractivity contribution >= 4 is 27.3 Å². The van der Waals surface area contributed by atoms with Crippen molar-refractivity contribution in [2.75, 3.05) is 10.0 Å². The Morgan fingerprint density at radius 1 is 1.00 bits per heavy atom. The number of anilines is 2. The Hall–Kier alpha value is -2.55. The van der Waals surface area contributed by atoms with Crippen molar-refractivity contribution in [1.82, 2.24) is 0 Å². The van der Waals surface area contributed by atoms with Crippen molar-refractivity contribution in [2.24, 2.45) is 0 Å². The SMILES string of the molecule is CC(C)S(=O)(=O)Nc1ccc(C(=O)Nc2cccc(C(F)(F)F)c2)cc1. The Kier molecular flexibility index (Phi) is 5.60. The number of nitrogens with one attached hydrogen (secondary N) is 2. The zero-order valence-corrected chi connectivity index (χ0v) is 14.8. The molecule has 0 aliphatic heterocycles. The molecule has 2 aromatic carbocycles. The van der Waals surface area contributed by atoms with Gasteiger partial charge in [-0.05, 0) is 56.3 Å². The predicted molar refractivity (Wildman–Crippen MR) is 93.5 cm³/mol. The first kappa shape index (κ1) is 19.8. The third-order valence-corrected chi connectivity index (χ3v) is 5.24. The highest BCUT2D eigenvalue weighted by Crippen LogP contribution is 2.30. The van der Waals surface area contributed by atoms with E-state index in [1.165, 1.54) is 50.2 Å². The van der Waals surface area contributed by atoms with Gasteiger partial charge in [0.25, 0.3) is 5.91 Å². The number of hydrogen-bond donors (Lipinski definition) is 2. The second-order valence-corrected chi connectivity index (χ2v) is 8.04. The molecule has 140 valence electrons. The van der Waals surface area contributed by atoms with Gasteiger partial charge < -0.3 is 5.32 Å². The van der Waals surface area contributed by atoms with Crippen molar-refractivity contribution in [1.29, 1.82) is 0 Å². The molecule has 5 nitrogen and oxygen atoms in total. The summed E-state index contributed by atoms with van der Waals surface area (Å²) in [5.41, 5.74) is -0.396. The van der Waals surface area contributed by atoms with E-state index in [2.05, 4.69) is 10.0 Å². The molecule has 0 bridgehead atoms. The molecule has 2 rings (SSSR count). The van der Waals surface area contributed by atoms with Gasteiger partial charge >= 0.3 is 6.18 Å². The standard InChI is InChI=1S/C17H17F3N2O3S/c1-11(2)26(24,25)22-14-8-6-12(7-9-14)16(23)21-15-5-3-4-13(10-15)17(18,19)20/h3-11,22H,1-2H3,(H,21,23). The molecule has 0 aromatic heterocycles. The summed E-state index contributed by atoms with van der Waals surface area (Å²) in [4.78, 5) is 12.1. The second-order valence-electron chi connectivity index (χ2n) is 5.81. The van der Waals surface area contributed by atoms with Gasteiger partial charge in [-0.25, -0.2) is 8.42 Å². The van der Waals surface area contributed by atoms with Crippen molar-refractivity contribution < 1.29 is 26.4 Å². The largest absolute Gasteiger partial charge is 0.416 e. The molecule has 0 atom stereocenters. The molecule has 2 aromatic rings. The maximum Gasteiger partial charge on any atom is 0.416 e. The molecule has 0 heterocycles. The summed E-state index contributed by atoms with van der Waals surface area (Å²) in [6, 6.07) is 9.85. The van der Waals surface area contributed by atoms with Crippen LogP contribution < -0.4 is 10.0 Å². The zero-order valence-electron chi connectivity index (χ0n) is 14.0. The number of amides is 1. The fourth-order valence-corrected chi connectivity index (χ4v) is 2.65. The lowest BCUT2D eigenvalue weighted by atomic mass is 10.1. The molecule has 0 fully saturated rings. The quantitative estimate of drug-likeness (QED) is 0.812. The maximum absolute atomic E-state index is 12.7. The van der Waals surface area contributed by atoms with Gasteiger partial charge in [0.2, 0.25) is 10.0 Å². The van der Waals surface area contributed by atoms with Gasteiger partial charge in [0.15, 0.2) is 0 Å². The van der Waals surface area contributed by atoms with E-state index in [0.29, 0.717) is 0 Å².